The Morgan fingerprint density at radius 3 is 2.50 bits per heavy atom. The summed E-state index contributed by atoms with van der Waals surface area (Å²) in [5.74, 6) is 0.133. The molecule has 0 aromatic heterocycles. The molecule has 1 aromatic carbocycles. The fourth-order valence-electron chi connectivity index (χ4n) is 1.32. The molecule has 0 spiro atoms. The average Bonchev–Trinajstić information content (AvgIpc) is 2.19. The fraction of sp³-hybridized carbons (Fsp3) is 0.308. The van der Waals surface area contributed by atoms with Crippen LogP contribution < -0.4 is 0 Å². The molecule has 1 nitrogen and oxygen atoms in total. The molecule has 0 fully saturated rings. The minimum atomic E-state index is 0.133. The molecule has 0 aliphatic carbocycles. The molecule has 1 heteroatoms. The van der Waals surface area contributed by atoms with Gasteiger partial charge in [-0.05, 0) is 44.9 Å². The number of rotatable bonds is 2. The monoisotopic (exact) mass is 188 g/mol. The lowest BCUT2D eigenvalue weighted by atomic mass is 9.98. The fourth-order valence-corrected chi connectivity index (χ4v) is 1.32. The Kier molecular flexibility index (Phi) is 3.23. The van der Waals surface area contributed by atoms with Crippen molar-refractivity contribution in [3.8, 4) is 0 Å². The summed E-state index contributed by atoms with van der Waals surface area (Å²) in [5, 5.41) is 0. The van der Waals surface area contributed by atoms with Gasteiger partial charge in [0.1, 0.15) is 0 Å². The van der Waals surface area contributed by atoms with E-state index in [1.807, 2.05) is 52.0 Å². The SMILES string of the molecule is C/C=C(\C)C(=O)c1cc(C)ccc1C. The number of Topliss-reactive ketones (excluding diaryl/α,β-unsaturated/α-hetero) is 1. The van der Waals surface area contributed by atoms with E-state index in [2.05, 4.69) is 0 Å². The molecule has 0 unspecified atom stereocenters. The molecule has 0 amide bonds. The van der Waals surface area contributed by atoms with Crippen molar-refractivity contribution in [3.05, 3.63) is 46.5 Å². The second-order valence-electron chi connectivity index (χ2n) is 3.62. The topological polar surface area (TPSA) is 17.1 Å². The molecule has 0 saturated carbocycles. The number of carbonyl (C=O) groups excluding carboxylic acids is 1. The summed E-state index contributed by atoms with van der Waals surface area (Å²) in [6, 6.07) is 5.97. The number of carbonyl (C=O) groups is 1. The van der Waals surface area contributed by atoms with Crippen molar-refractivity contribution in [2.75, 3.05) is 0 Å². The van der Waals surface area contributed by atoms with Crippen LogP contribution in [0.1, 0.15) is 35.3 Å². The van der Waals surface area contributed by atoms with Crippen LogP contribution in [0.25, 0.3) is 0 Å². The van der Waals surface area contributed by atoms with Gasteiger partial charge in [0.2, 0.25) is 0 Å². The van der Waals surface area contributed by atoms with Crippen molar-refractivity contribution >= 4 is 5.78 Å². The predicted octanol–water partition coefficient (Wildman–Crippen LogP) is 3.45. The minimum absolute atomic E-state index is 0.133. The quantitative estimate of drug-likeness (QED) is 0.513. The highest BCUT2D eigenvalue weighted by atomic mass is 16.1. The highest BCUT2D eigenvalue weighted by Crippen LogP contribution is 2.14. The van der Waals surface area contributed by atoms with Crippen molar-refractivity contribution in [2.45, 2.75) is 27.7 Å². The van der Waals surface area contributed by atoms with Crippen LogP contribution in [-0.2, 0) is 0 Å². The van der Waals surface area contributed by atoms with Gasteiger partial charge < -0.3 is 0 Å². The van der Waals surface area contributed by atoms with Gasteiger partial charge in [-0.1, -0.05) is 23.8 Å². The summed E-state index contributed by atoms with van der Waals surface area (Å²) in [4.78, 5) is 11.9. The summed E-state index contributed by atoms with van der Waals surface area (Å²) in [6.45, 7) is 7.71. The lowest BCUT2D eigenvalue weighted by molar-refractivity contribution is 0.103. The van der Waals surface area contributed by atoms with Gasteiger partial charge in [-0.15, -0.1) is 0 Å². The van der Waals surface area contributed by atoms with Crippen molar-refractivity contribution in [1.82, 2.24) is 0 Å². The second-order valence-corrected chi connectivity index (χ2v) is 3.62. The third-order valence-corrected chi connectivity index (χ3v) is 2.43. The summed E-state index contributed by atoms with van der Waals surface area (Å²) in [6.07, 6.45) is 1.85. The first-order valence-corrected chi connectivity index (χ1v) is 4.81. The van der Waals surface area contributed by atoms with Gasteiger partial charge >= 0.3 is 0 Å². The number of aryl methyl sites for hydroxylation is 2. The van der Waals surface area contributed by atoms with Crippen LogP contribution in [0.3, 0.4) is 0 Å². The lowest BCUT2D eigenvalue weighted by Crippen LogP contribution is -2.03. The molecule has 0 saturated heterocycles. The first kappa shape index (κ1) is 10.7. The highest BCUT2D eigenvalue weighted by Gasteiger charge is 2.09. The van der Waals surface area contributed by atoms with Crippen LogP contribution in [0.15, 0.2) is 29.8 Å². The van der Waals surface area contributed by atoms with Crippen LogP contribution in [0.5, 0.6) is 0 Å². The van der Waals surface area contributed by atoms with E-state index in [0.717, 1.165) is 22.3 Å². The van der Waals surface area contributed by atoms with E-state index < -0.39 is 0 Å². The Labute approximate surface area is 85.5 Å². The van der Waals surface area contributed by atoms with Crippen molar-refractivity contribution in [2.24, 2.45) is 0 Å². The van der Waals surface area contributed by atoms with Gasteiger partial charge in [0.15, 0.2) is 5.78 Å². The van der Waals surface area contributed by atoms with Crippen LogP contribution in [0, 0.1) is 13.8 Å². The number of allylic oxidation sites excluding steroid dienone is 2. The number of benzene rings is 1. The molecule has 0 bridgehead atoms. The molecule has 0 atom stereocenters. The van der Waals surface area contributed by atoms with E-state index in [-0.39, 0.29) is 5.78 Å². The van der Waals surface area contributed by atoms with E-state index in [1.165, 1.54) is 0 Å². The van der Waals surface area contributed by atoms with Gasteiger partial charge in [0.05, 0.1) is 0 Å². The maximum atomic E-state index is 11.9. The highest BCUT2D eigenvalue weighted by molar-refractivity contribution is 6.09. The van der Waals surface area contributed by atoms with Gasteiger partial charge in [-0.25, -0.2) is 0 Å². The van der Waals surface area contributed by atoms with Gasteiger partial charge in [-0.3, -0.25) is 4.79 Å². The van der Waals surface area contributed by atoms with E-state index in [9.17, 15) is 4.79 Å². The first-order chi connectivity index (χ1) is 6.56. The molecule has 0 radical (unpaired) electrons. The Hall–Kier alpha value is -1.37. The Morgan fingerprint density at radius 1 is 1.29 bits per heavy atom. The average molecular weight is 188 g/mol. The molecular formula is C13H16O. The molecule has 0 heterocycles. The lowest BCUT2D eigenvalue weighted by Gasteiger charge is -2.05. The molecular weight excluding hydrogens is 172 g/mol. The summed E-state index contributed by atoms with van der Waals surface area (Å²) in [7, 11) is 0. The molecule has 1 rings (SSSR count). The van der Waals surface area contributed by atoms with Crippen LogP contribution >= 0.6 is 0 Å². The first-order valence-electron chi connectivity index (χ1n) is 4.81. The van der Waals surface area contributed by atoms with E-state index in [1.54, 1.807) is 0 Å². The standard InChI is InChI=1S/C13H16O/c1-5-10(3)13(14)12-8-9(2)6-7-11(12)4/h5-8H,1-4H3/b10-5+. The third kappa shape index (κ3) is 2.11. The summed E-state index contributed by atoms with van der Waals surface area (Å²) in [5.41, 5.74) is 3.80. The maximum Gasteiger partial charge on any atom is 0.188 e. The summed E-state index contributed by atoms with van der Waals surface area (Å²) < 4.78 is 0. The van der Waals surface area contributed by atoms with E-state index in [0.29, 0.717) is 0 Å². The molecule has 0 aliphatic heterocycles. The van der Waals surface area contributed by atoms with Gasteiger partial charge in [-0.2, -0.15) is 0 Å². The number of hydrogen-bond acceptors (Lipinski definition) is 1. The van der Waals surface area contributed by atoms with E-state index in [4.69, 9.17) is 0 Å². The van der Waals surface area contributed by atoms with Crippen LogP contribution in [0.2, 0.25) is 0 Å². The van der Waals surface area contributed by atoms with Gasteiger partial charge in [0, 0.05) is 5.56 Å². The third-order valence-electron chi connectivity index (χ3n) is 2.43. The second kappa shape index (κ2) is 4.23. The Bertz CT molecular complexity index is 386. The number of ketones is 1. The smallest absolute Gasteiger partial charge is 0.188 e. The Balaban J connectivity index is 3.19. The molecule has 1 aromatic rings. The van der Waals surface area contributed by atoms with Gasteiger partial charge in [0.25, 0.3) is 0 Å². The molecule has 0 aliphatic rings. The molecule has 14 heavy (non-hydrogen) atoms. The predicted molar refractivity (Wildman–Crippen MR) is 59.7 cm³/mol. The zero-order chi connectivity index (χ0) is 10.7. The minimum Gasteiger partial charge on any atom is -0.289 e. The molecule has 0 N–H and O–H groups in total. The summed E-state index contributed by atoms with van der Waals surface area (Å²) >= 11 is 0. The normalized spacial score (nSPS) is 11.6. The van der Waals surface area contributed by atoms with Crippen molar-refractivity contribution in [3.63, 3.8) is 0 Å². The van der Waals surface area contributed by atoms with Crippen molar-refractivity contribution in [1.29, 1.82) is 0 Å². The van der Waals surface area contributed by atoms with E-state index >= 15 is 0 Å². The zero-order valence-electron chi connectivity index (χ0n) is 9.22. The number of hydrogen-bond donors (Lipinski definition) is 0. The van der Waals surface area contributed by atoms with Crippen LogP contribution in [-0.4, -0.2) is 5.78 Å². The molecule has 74 valence electrons. The zero-order valence-corrected chi connectivity index (χ0v) is 9.22. The van der Waals surface area contributed by atoms with Crippen molar-refractivity contribution < 1.29 is 4.79 Å². The largest absolute Gasteiger partial charge is 0.289 e. The van der Waals surface area contributed by atoms with Crippen LogP contribution in [0.4, 0.5) is 0 Å². The maximum absolute atomic E-state index is 11.9. The Morgan fingerprint density at radius 2 is 1.93 bits per heavy atom.